The minimum Gasteiger partial charge on any atom is -0.362 e. The van der Waals surface area contributed by atoms with Gasteiger partial charge in [0.2, 0.25) is 0 Å². The van der Waals surface area contributed by atoms with Gasteiger partial charge in [-0.3, -0.25) is 5.43 Å². The van der Waals surface area contributed by atoms with Crippen molar-refractivity contribution >= 4 is 0 Å². The average Bonchev–Trinajstić information content (AvgIpc) is 2.19. The van der Waals surface area contributed by atoms with Crippen LogP contribution in [0.5, 0.6) is 0 Å². The molecule has 2 atom stereocenters. The van der Waals surface area contributed by atoms with E-state index in [-0.39, 0.29) is 6.23 Å². The SMILES string of the molecule is CNN(C(C)CC(C)C)C1CCCCO1. The summed E-state index contributed by atoms with van der Waals surface area (Å²) >= 11 is 0. The number of nitrogens with one attached hydrogen (secondary N) is 1. The number of hydrazine groups is 1. The lowest BCUT2D eigenvalue weighted by Gasteiger charge is -2.38. The predicted octanol–water partition coefficient (Wildman–Crippen LogP) is 2.38. The van der Waals surface area contributed by atoms with Crippen molar-refractivity contribution in [2.24, 2.45) is 5.92 Å². The molecule has 0 aromatic carbocycles. The molecule has 0 spiro atoms. The largest absolute Gasteiger partial charge is 0.362 e. The fourth-order valence-corrected chi connectivity index (χ4v) is 2.39. The number of rotatable bonds is 5. The van der Waals surface area contributed by atoms with Crippen LogP contribution in [-0.4, -0.2) is 30.9 Å². The Hall–Kier alpha value is -0.120. The first-order valence-corrected chi connectivity index (χ1v) is 6.22. The normalized spacial score (nSPS) is 24.8. The second-order valence-electron chi connectivity index (χ2n) is 4.93. The van der Waals surface area contributed by atoms with Crippen molar-refractivity contribution in [3.8, 4) is 0 Å². The van der Waals surface area contributed by atoms with Gasteiger partial charge in [-0.25, -0.2) is 5.01 Å². The topological polar surface area (TPSA) is 24.5 Å². The molecule has 3 heteroatoms. The molecule has 15 heavy (non-hydrogen) atoms. The Labute approximate surface area is 94.1 Å². The summed E-state index contributed by atoms with van der Waals surface area (Å²) in [6, 6.07) is 0.540. The number of hydrogen-bond donors (Lipinski definition) is 1. The maximum Gasteiger partial charge on any atom is 0.123 e. The van der Waals surface area contributed by atoms with Crippen molar-refractivity contribution in [1.82, 2.24) is 10.4 Å². The van der Waals surface area contributed by atoms with E-state index in [1.165, 1.54) is 19.3 Å². The van der Waals surface area contributed by atoms with Crippen LogP contribution in [0.4, 0.5) is 0 Å². The van der Waals surface area contributed by atoms with Gasteiger partial charge in [0.05, 0.1) is 0 Å². The van der Waals surface area contributed by atoms with Crippen molar-refractivity contribution < 1.29 is 4.74 Å². The molecule has 0 aliphatic carbocycles. The highest BCUT2D eigenvalue weighted by Crippen LogP contribution is 2.19. The first kappa shape index (κ1) is 12.9. The third kappa shape index (κ3) is 4.09. The molecule has 0 aromatic rings. The minimum atomic E-state index is 0.275. The zero-order valence-electron chi connectivity index (χ0n) is 10.6. The smallest absolute Gasteiger partial charge is 0.123 e. The lowest BCUT2D eigenvalue weighted by Crippen LogP contribution is -2.51. The van der Waals surface area contributed by atoms with Crippen LogP contribution in [0.1, 0.15) is 46.5 Å². The fraction of sp³-hybridized carbons (Fsp3) is 1.00. The van der Waals surface area contributed by atoms with Gasteiger partial charge in [0, 0.05) is 12.6 Å². The van der Waals surface area contributed by atoms with Gasteiger partial charge >= 0.3 is 0 Å². The monoisotopic (exact) mass is 214 g/mol. The number of nitrogens with zero attached hydrogens (tertiary/aromatic N) is 1. The molecular formula is C12H26N2O. The van der Waals surface area contributed by atoms with E-state index in [0.717, 1.165) is 18.9 Å². The van der Waals surface area contributed by atoms with Gasteiger partial charge in [0.25, 0.3) is 0 Å². The number of ether oxygens (including phenoxy) is 1. The Balaban J connectivity index is 2.45. The van der Waals surface area contributed by atoms with E-state index in [9.17, 15) is 0 Å². The second-order valence-corrected chi connectivity index (χ2v) is 4.93. The predicted molar refractivity (Wildman–Crippen MR) is 63.4 cm³/mol. The first-order chi connectivity index (χ1) is 7.15. The van der Waals surface area contributed by atoms with Crippen molar-refractivity contribution in [1.29, 1.82) is 0 Å². The van der Waals surface area contributed by atoms with Gasteiger partial charge in [-0.2, -0.15) is 0 Å². The van der Waals surface area contributed by atoms with Crippen LogP contribution >= 0.6 is 0 Å². The van der Waals surface area contributed by atoms with Gasteiger partial charge in [0.1, 0.15) is 6.23 Å². The summed E-state index contributed by atoms with van der Waals surface area (Å²) in [7, 11) is 1.99. The molecule has 1 heterocycles. The molecule has 3 nitrogen and oxygen atoms in total. The summed E-state index contributed by atoms with van der Waals surface area (Å²) in [6.45, 7) is 7.73. The molecule has 1 saturated heterocycles. The molecular weight excluding hydrogens is 188 g/mol. The third-order valence-corrected chi connectivity index (χ3v) is 3.01. The highest BCUT2D eigenvalue weighted by Gasteiger charge is 2.25. The Kier molecular flexibility index (Phi) is 5.58. The second kappa shape index (κ2) is 6.46. The van der Waals surface area contributed by atoms with Crippen LogP contribution in [0.2, 0.25) is 0 Å². The molecule has 1 aliphatic rings. The standard InChI is InChI=1S/C12H26N2O/c1-10(2)9-11(3)14(13-4)12-7-5-6-8-15-12/h10-13H,5-9H2,1-4H3. The van der Waals surface area contributed by atoms with Crippen molar-refractivity contribution in [3.63, 3.8) is 0 Å². The van der Waals surface area contributed by atoms with Crippen LogP contribution in [0.3, 0.4) is 0 Å². The molecule has 1 rings (SSSR count). The van der Waals surface area contributed by atoms with E-state index >= 15 is 0 Å². The zero-order chi connectivity index (χ0) is 11.3. The van der Waals surface area contributed by atoms with Gasteiger partial charge in [-0.05, 0) is 45.6 Å². The summed E-state index contributed by atoms with van der Waals surface area (Å²) in [5, 5.41) is 2.28. The van der Waals surface area contributed by atoms with E-state index < -0.39 is 0 Å². The molecule has 90 valence electrons. The Morgan fingerprint density at radius 1 is 1.33 bits per heavy atom. The summed E-state index contributed by atoms with van der Waals surface area (Å²) in [5.41, 5.74) is 3.29. The Bertz CT molecular complexity index is 167. The first-order valence-electron chi connectivity index (χ1n) is 6.22. The molecule has 1 aliphatic heterocycles. The summed E-state index contributed by atoms with van der Waals surface area (Å²) in [5.74, 6) is 0.736. The summed E-state index contributed by atoms with van der Waals surface area (Å²) < 4.78 is 5.80. The van der Waals surface area contributed by atoms with Gasteiger partial charge in [0.15, 0.2) is 0 Å². The van der Waals surface area contributed by atoms with Crippen LogP contribution in [-0.2, 0) is 4.74 Å². The molecule has 1 fully saturated rings. The van der Waals surface area contributed by atoms with E-state index in [1.807, 2.05) is 7.05 Å². The average molecular weight is 214 g/mol. The molecule has 0 bridgehead atoms. The minimum absolute atomic E-state index is 0.275. The van der Waals surface area contributed by atoms with Crippen LogP contribution in [0, 0.1) is 5.92 Å². The van der Waals surface area contributed by atoms with Gasteiger partial charge in [-0.1, -0.05) is 13.8 Å². The zero-order valence-corrected chi connectivity index (χ0v) is 10.6. The Morgan fingerprint density at radius 2 is 2.07 bits per heavy atom. The van der Waals surface area contributed by atoms with E-state index in [4.69, 9.17) is 4.74 Å². The van der Waals surface area contributed by atoms with Crippen LogP contribution in [0.15, 0.2) is 0 Å². The van der Waals surface area contributed by atoms with E-state index in [2.05, 4.69) is 31.2 Å². The lowest BCUT2D eigenvalue weighted by molar-refractivity contribution is -0.123. The van der Waals surface area contributed by atoms with Gasteiger partial charge in [-0.15, -0.1) is 0 Å². The molecule has 0 radical (unpaired) electrons. The lowest BCUT2D eigenvalue weighted by atomic mass is 10.0. The third-order valence-electron chi connectivity index (χ3n) is 3.01. The quantitative estimate of drug-likeness (QED) is 0.711. The molecule has 0 amide bonds. The summed E-state index contributed by atoms with van der Waals surface area (Å²) in [6.07, 6.45) is 5.14. The van der Waals surface area contributed by atoms with Crippen LogP contribution in [0.25, 0.3) is 0 Å². The molecule has 0 saturated carbocycles. The number of hydrogen-bond acceptors (Lipinski definition) is 3. The van der Waals surface area contributed by atoms with Crippen molar-refractivity contribution in [2.75, 3.05) is 13.7 Å². The van der Waals surface area contributed by atoms with Gasteiger partial charge < -0.3 is 4.74 Å². The Morgan fingerprint density at radius 3 is 2.53 bits per heavy atom. The molecule has 1 N–H and O–H groups in total. The fourth-order valence-electron chi connectivity index (χ4n) is 2.39. The van der Waals surface area contributed by atoms with Crippen molar-refractivity contribution in [2.45, 2.75) is 58.7 Å². The van der Waals surface area contributed by atoms with E-state index in [0.29, 0.717) is 6.04 Å². The van der Waals surface area contributed by atoms with Crippen LogP contribution < -0.4 is 5.43 Å². The highest BCUT2D eigenvalue weighted by molar-refractivity contribution is 4.70. The molecule has 0 aromatic heterocycles. The van der Waals surface area contributed by atoms with E-state index in [1.54, 1.807) is 0 Å². The maximum absolute atomic E-state index is 5.80. The van der Waals surface area contributed by atoms with Crippen molar-refractivity contribution in [3.05, 3.63) is 0 Å². The molecule has 2 unspecified atom stereocenters. The maximum atomic E-state index is 5.80. The summed E-state index contributed by atoms with van der Waals surface area (Å²) in [4.78, 5) is 0. The highest BCUT2D eigenvalue weighted by atomic mass is 16.5.